The molecule has 1 amide bonds. The summed E-state index contributed by atoms with van der Waals surface area (Å²) in [6.45, 7) is 6.34. The van der Waals surface area contributed by atoms with Crippen LogP contribution in [0.2, 0.25) is 0 Å². The Kier molecular flexibility index (Phi) is 8.14. The van der Waals surface area contributed by atoms with Crippen LogP contribution in [0.25, 0.3) is 0 Å². The average molecular weight is 393 g/mol. The third-order valence-electron chi connectivity index (χ3n) is 5.28. The lowest BCUT2D eigenvalue weighted by atomic mass is 9.94. The SMILES string of the molecule is CCC(C)c1ccc(C(NC(=O)C2CCNCC2)c2cccs2)cc1.Cl. The number of rotatable bonds is 6. The van der Waals surface area contributed by atoms with Gasteiger partial charge in [0.2, 0.25) is 5.91 Å². The van der Waals surface area contributed by atoms with Crippen molar-refractivity contribution in [3.63, 3.8) is 0 Å². The minimum atomic E-state index is -0.0478. The van der Waals surface area contributed by atoms with Crippen molar-refractivity contribution < 1.29 is 4.79 Å². The molecule has 1 fully saturated rings. The Morgan fingerprint density at radius 2 is 1.85 bits per heavy atom. The van der Waals surface area contributed by atoms with E-state index in [1.165, 1.54) is 10.4 Å². The van der Waals surface area contributed by atoms with Crippen molar-refractivity contribution in [3.05, 3.63) is 57.8 Å². The van der Waals surface area contributed by atoms with Gasteiger partial charge in [-0.2, -0.15) is 0 Å². The number of halogens is 1. The summed E-state index contributed by atoms with van der Waals surface area (Å²) in [6, 6.07) is 12.9. The van der Waals surface area contributed by atoms with Gasteiger partial charge in [-0.15, -0.1) is 23.7 Å². The highest BCUT2D eigenvalue weighted by Gasteiger charge is 2.25. The van der Waals surface area contributed by atoms with Gasteiger partial charge in [0.05, 0.1) is 6.04 Å². The van der Waals surface area contributed by atoms with Crippen LogP contribution in [-0.4, -0.2) is 19.0 Å². The quantitative estimate of drug-likeness (QED) is 0.734. The van der Waals surface area contributed by atoms with Crippen LogP contribution in [0.1, 0.15) is 61.1 Å². The third kappa shape index (κ3) is 5.09. The van der Waals surface area contributed by atoms with Gasteiger partial charge >= 0.3 is 0 Å². The number of carbonyl (C=O) groups is 1. The molecule has 3 nitrogen and oxygen atoms in total. The Bertz CT molecular complexity index is 666. The molecular weight excluding hydrogens is 364 g/mol. The number of thiophene rings is 1. The fraction of sp³-hybridized carbons (Fsp3) is 0.476. The van der Waals surface area contributed by atoms with Crippen LogP contribution in [0.3, 0.4) is 0 Å². The number of benzene rings is 1. The van der Waals surface area contributed by atoms with E-state index in [4.69, 9.17) is 0 Å². The standard InChI is InChI=1S/C21H28N2OS.ClH/c1-3-15(2)16-6-8-17(9-7-16)20(19-5-4-14-25-19)23-21(24)18-10-12-22-13-11-18;/h4-9,14-15,18,20,22H,3,10-13H2,1-2H3,(H,23,24);1H. The smallest absolute Gasteiger partial charge is 0.223 e. The van der Waals surface area contributed by atoms with Crippen molar-refractivity contribution in [2.24, 2.45) is 5.92 Å². The molecule has 2 heterocycles. The maximum atomic E-state index is 12.8. The molecule has 0 radical (unpaired) electrons. The molecule has 2 atom stereocenters. The van der Waals surface area contributed by atoms with E-state index in [-0.39, 0.29) is 30.3 Å². The van der Waals surface area contributed by atoms with Crippen LogP contribution in [0.15, 0.2) is 41.8 Å². The number of carbonyl (C=O) groups excluding carboxylic acids is 1. The van der Waals surface area contributed by atoms with Crippen molar-refractivity contribution in [3.8, 4) is 0 Å². The van der Waals surface area contributed by atoms with Crippen LogP contribution in [-0.2, 0) is 4.79 Å². The number of hydrogen-bond donors (Lipinski definition) is 2. The van der Waals surface area contributed by atoms with E-state index in [1.807, 2.05) is 0 Å². The van der Waals surface area contributed by atoms with E-state index in [0.717, 1.165) is 37.9 Å². The molecule has 1 aliphatic heterocycles. The Morgan fingerprint density at radius 3 is 2.42 bits per heavy atom. The first-order valence-corrected chi connectivity index (χ1v) is 10.2. The number of nitrogens with one attached hydrogen (secondary N) is 2. The maximum Gasteiger partial charge on any atom is 0.223 e. The highest BCUT2D eigenvalue weighted by atomic mass is 35.5. The summed E-state index contributed by atoms with van der Waals surface area (Å²) in [7, 11) is 0. The summed E-state index contributed by atoms with van der Waals surface area (Å²) >= 11 is 1.70. The van der Waals surface area contributed by atoms with Crippen LogP contribution in [0.4, 0.5) is 0 Å². The highest BCUT2D eigenvalue weighted by Crippen LogP contribution is 2.29. The normalized spacial score (nSPS) is 17.2. The Labute approximate surface area is 167 Å². The summed E-state index contributed by atoms with van der Waals surface area (Å²) in [5, 5.41) is 8.71. The molecule has 142 valence electrons. The monoisotopic (exact) mass is 392 g/mol. The van der Waals surface area contributed by atoms with Gasteiger partial charge in [-0.3, -0.25) is 4.79 Å². The zero-order valence-corrected chi connectivity index (χ0v) is 17.2. The van der Waals surface area contributed by atoms with Crippen LogP contribution in [0.5, 0.6) is 0 Å². The zero-order chi connectivity index (χ0) is 17.6. The third-order valence-corrected chi connectivity index (χ3v) is 6.21. The first-order valence-electron chi connectivity index (χ1n) is 9.33. The van der Waals surface area contributed by atoms with E-state index in [1.54, 1.807) is 11.3 Å². The lowest BCUT2D eigenvalue weighted by Gasteiger charge is -2.25. The molecule has 1 aromatic heterocycles. The first kappa shape index (κ1) is 20.9. The second-order valence-electron chi connectivity index (χ2n) is 6.96. The van der Waals surface area contributed by atoms with Gasteiger partial charge in [0, 0.05) is 10.8 Å². The zero-order valence-electron chi connectivity index (χ0n) is 15.5. The molecule has 2 aromatic rings. The number of hydrogen-bond acceptors (Lipinski definition) is 3. The van der Waals surface area contributed by atoms with Crippen molar-refractivity contribution >= 4 is 29.7 Å². The van der Waals surface area contributed by atoms with Gasteiger partial charge in [-0.25, -0.2) is 0 Å². The van der Waals surface area contributed by atoms with E-state index in [0.29, 0.717) is 5.92 Å². The molecule has 0 aliphatic carbocycles. The van der Waals surface area contributed by atoms with Crippen molar-refractivity contribution in [2.45, 2.75) is 45.1 Å². The van der Waals surface area contributed by atoms with E-state index < -0.39 is 0 Å². The second-order valence-corrected chi connectivity index (χ2v) is 7.94. The van der Waals surface area contributed by atoms with Crippen molar-refractivity contribution in [1.29, 1.82) is 0 Å². The Balaban J connectivity index is 0.00000243. The van der Waals surface area contributed by atoms with Crippen LogP contribution < -0.4 is 10.6 Å². The molecule has 5 heteroatoms. The summed E-state index contributed by atoms with van der Waals surface area (Å²) in [5.74, 6) is 0.882. The largest absolute Gasteiger partial charge is 0.344 e. The fourth-order valence-corrected chi connectivity index (χ4v) is 4.17. The van der Waals surface area contributed by atoms with Gasteiger partial charge < -0.3 is 10.6 Å². The summed E-state index contributed by atoms with van der Waals surface area (Å²) < 4.78 is 0. The Morgan fingerprint density at radius 1 is 1.19 bits per heavy atom. The van der Waals surface area contributed by atoms with Gasteiger partial charge in [0.15, 0.2) is 0 Å². The molecule has 1 aliphatic rings. The van der Waals surface area contributed by atoms with Crippen LogP contribution in [0, 0.1) is 5.92 Å². The second kappa shape index (κ2) is 10.1. The van der Waals surface area contributed by atoms with E-state index in [9.17, 15) is 4.79 Å². The van der Waals surface area contributed by atoms with Crippen molar-refractivity contribution in [2.75, 3.05) is 13.1 Å². The van der Waals surface area contributed by atoms with Crippen LogP contribution >= 0.6 is 23.7 Å². The predicted molar refractivity (Wildman–Crippen MR) is 112 cm³/mol. The summed E-state index contributed by atoms with van der Waals surface area (Å²) in [4.78, 5) is 14.0. The molecule has 2 N–H and O–H groups in total. The van der Waals surface area contributed by atoms with E-state index in [2.05, 4.69) is 66.3 Å². The lowest BCUT2D eigenvalue weighted by molar-refractivity contribution is -0.126. The molecule has 0 spiro atoms. The highest BCUT2D eigenvalue weighted by molar-refractivity contribution is 7.10. The average Bonchev–Trinajstić information content (AvgIpc) is 3.20. The predicted octanol–water partition coefficient (Wildman–Crippen LogP) is 4.89. The van der Waals surface area contributed by atoms with Gasteiger partial charge in [-0.1, -0.05) is 44.2 Å². The van der Waals surface area contributed by atoms with Gasteiger partial charge in [0.1, 0.15) is 0 Å². The molecule has 26 heavy (non-hydrogen) atoms. The van der Waals surface area contributed by atoms with E-state index >= 15 is 0 Å². The summed E-state index contributed by atoms with van der Waals surface area (Å²) in [6.07, 6.45) is 2.99. The molecular formula is C21H29ClN2OS. The molecule has 1 saturated heterocycles. The van der Waals surface area contributed by atoms with Gasteiger partial charge in [0.25, 0.3) is 0 Å². The molecule has 0 saturated carbocycles. The topological polar surface area (TPSA) is 41.1 Å². The molecule has 2 unspecified atom stereocenters. The first-order chi connectivity index (χ1) is 12.2. The minimum Gasteiger partial charge on any atom is -0.344 e. The number of piperidine rings is 1. The Hall–Kier alpha value is -1.36. The molecule has 1 aromatic carbocycles. The lowest BCUT2D eigenvalue weighted by Crippen LogP contribution is -2.39. The minimum absolute atomic E-state index is 0. The maximum absolute atomic E-state index is 12.8. The van der Waals surface area contributed by atoms with Gasteiger partial charge in [-0.05, 0) is 60.8 Å². The number of amides is 1. The van der Waals surface area contributed by atoms with Crippen molar-refractivity contribution in [1.82, 2.24) is 10.6 Å². The molecule has 0 bridgehead atoms. The molecule has 3 rings (SSSR count). The summed E-state index contributed by atoms with van der Waals surface area (Å²) in [5.41, 5.74) is 2.53. The fourth-order valence-electron chi connectivity index (χ4n) is 3.37.